The number of benzene rings is 1. The summed E-state index contributed by atoms with van der Waals surface area (Å²) in [5.41, 5.74) is 0.732. The fourth-order valence-electron chi connectivity index (χ4n) is 3.41. The van der Waals surface area contributed by atoms with Gasteiger partial charge in [0.15, 0.2) is 5.82 Å². The highest BCUT2D eigenvalue weighted by Gasteiger charge is 2.29. The van der Waals surface area contributed by atoms with Gasteiger partial charge in [-0.1, -0.05) is 6.07 Å². The minimum Gasteiger partial charge on any atom is -0.437 e. The second kappa shape index (κ2) is 7.75. The molecule has 1 aliphatic rings. The van der Waals surface area contributed by atoms with Crippen molar-refractivity contribution in [1.82, 2.24) is 24.4 Å². The molecule has 0 aliphatic carbocycles. The van der Waals surface area contributed by atoms with E-state index in [1.807, 2.05) is 11.9 Å². The number of amides is 1. The van der Waals surface area contributed by atoms with Crippen molar-refractivity contribution in [3.05, 3.63) is 66.4 Å². The van der Waals surface area contributed by atoms with E-state index in [-0.39, 0.29) is 17.6 Å². The summed E-state index contributed by atoms with van der Waals surface area (Å²) in [5.74, 6) is 0.868. The summed E-state index contributed by atoms with van der Waals surface area (Å²) < 4.78 is 20.9. The Hall–Kier alpha value is -3.29. The Balaban J connectivity index is 1.46. The Morgan fingerprint density at radius 3 is 2.64 bits per heavy atom. The number of hydrogen-bond donors (Lipinski definition) is 0. The molecule has 1 fully saturated rings. The van der Waals surface area contributed by atoms with E-state index in [0.717, 1.165) is 18.5 Å². The SMILES string of the molecule is Cn1ccnc1C(=O)N1CCC(c2nccnc2Oc2cccc(F)c2)CC1. The average Bonchev–Trinajstić information content (AvgIpc) is 3.14. The molecular weight excluding hydrogens is 361 g/mol. The van der Waals surface area contributed by atoms with Gasteiger partial charge in [0.1, 0.15) is 17.3 Å². The summed E-state index contributed by atoms with van der Waals surface area (Å²) in [6.45, 7) is 1.21. The Morgan fingerprint density at radius 1 is 1.14 bits per heavy atom. The summed E-state index contributed by atoms with van der Waals surface area (Å²) in [7, 11) is 1.81. The van der Waals surface area contributed by atoms with E-state index in [1.54, 1.807) is 41.5 Å². The van der Waals surface area contributed by atoms with Crippen LogP contribution in [0.15, 0.2) is 49.1 Å². The van der Waals surface area contributed by atoms with Crippen molar-refractivity contribution in [2.75, 3.05) is 13.1 Å². The van der Waals surface area contributed by atoms with Crippen LogP contribution in [0.5, 0.6) is 11.6 Å². The second-order valence-electron chi connectivity index (χ2n) is 6.73. The predicted molar refractivity (Wildman–Crippen MR) is 99.6 cm³/mol. The van der Waals surface area contributed by atoms with Crippen LogP contribution >= 0.6 is 0 Å². The van der Waals surface area contributed by atoms with Crippen molar-refractivity contribution < 1.29 is 13.9 Å². The fraction of sp³-hybridized carbons (Fsp3) is 0.300. The van der Waals surface area contributed by atoms with Gasteiger partial charge in [-0.2, -0.15) is 0 Å². The molecule has 1 aliphatic heterocycles. The molecule has 3 aromatic rings. The third kappa shape index (κ3) is 3.71. The normalized spacial score (nSPS) is 14.9. The zero-order valence-electron chi connectivity index (χ0n) is 15.5. The van der Waals surface area contributed by atoms with Gasteiger partial charge >= 0.3 is 0 Å². The van der Waals surface area contributed by atoms with Crippen molar-refractivity contribution >= 4 is 5.91 Å². The summed E-state index contributed by atoms with van der Waals surface area (Å²) >= 11 is 0. The standard InChI is InChI=1S/C20H20FN5O2/c1-25-12-9-23-18(25)20(27)26-10-5-14(6-11-26)17-19(24-8-7-22-17)28-16-4-2-3-15(21)13-16/h2-4,7-9,12-14H,5-6,10-11H2,1H3. The number of aromatic nitrogens is 4. The fourth-order valence-corrected chi connectivity index (χ4v) is 3.41. The number of nitrogens with zero attached hydrogens (tertiary/aromatic N) is 5. The number of carbonyl (C=O) groups excluding carboxylic acids is 1. The smallest absolute Gasteiger partial charge is 0.289 e. The van der Waals surface area contributed by atoms with E-state index in [4.69, 9.17) is 4.74 Å². The molecule has 1 aromatic carbocycles. The Morgan fingerprint density at radius 2 is 1.93 bits per heavy atom. The number of halogens is 1. The lowest BCUT2D eigenvalue weighted by atomic mass is 9.93. The lowest BCUT2D eigenvalue weighted by Gasteiger charge is -2.31. The van der Waals surface area contributed by atoms with Gasteiger partial charge in [0.2, 0.25) is 5.88 Å². The van der Waals surface area contributed by atoms with E-state index < -0.39 is 0 Å². The number of imidazole rings is 1. The maximum atomic E-state index is 13.4. The number of carbonyl (C=O) groups is 1. The van der Waals surface area contributed by atoms with E-state index >= 15 is 0 Å². The number of aryl methyl sites for hydroxylation is 1. The quantitative estimate of drug-likeness (QED) is 0.694. The number of piperidine rings is 1. The minimum atomic E-state index is -0.371. The van der Waals surface area contributed by atoms with E-state index in [1.165, 1.54) is 12.1 Å². The largest absolute Gasteiger partial charge is 0.437 e. The molecule has 1 saturated heterocycles. The molecule has 8 heteroatoms. The van der Waals surface area contributed by atoms with Crippen molar-refractivity contribution in [3.63, 3.8) is 0 Å². The maximum Gasteiger partial charge on any atom is 0.289 e. The Labute approximate surface area is 161 Å². The molecule has 144 valence electrons. The Kier molecular flexibility index (Phi) is 5.01. The van der Waals surface area contributed by atoms with Gasteiger partial charge in [0.25, 0.3) is 5.91 Å². The summed E-state index contributed by atoms with van der Waals surface area (Å²) in [6, 6.07) is 5.93. The second-order valence-corrected chi connectivity index (χ2v) is 6.73. The molecular formula is C20H20FN5O2. The summed E-state index contributed by atoms with van der Waals surface area (Å²) in [5, 5.41) is 0. The molecule has 0 unspecified atom stereocenters. The van der Waals surface area contributed by atoms with Crippen molar-refractivity contribution in [3.8, 4) is 11.6 Å². The number of likely N-dealkylation sites (tertiary alicyclic amines) is 1. The molecule has 4 rings (SSSR count). The molecule has 2 aromatic heterocycles. The first-order chi connectivity index (χ1) is 13.6. The van der Waals surface area contributed by atoms with Gasteiger partial charge in [0.05, 0.1) is 0 Å². The van der Waals surface area contributed by atoms with Gasteiger partial charge in [-0.05, 0) is 25.0 Å². The van der Waals surface area contributed by atoms with Gasteiger partial charge in [-0.25, -0.2) is 14.4 Å². The number of hydrogen-bond acceptors (Lipinski definition) is 5. The first kappa shape index (κ1) is 18.1. The number of ether oxygens (including phenoxy) is 1. The molecule has 0 radical (unpaired) electrons. The van der Waals surface area contributed by atoms with Crippen LogP contribution in [-0.4, -0.2) is 43.4 Å². The monoisotopic (exact) mass is 381 g/mol. The molecule has 0 bridgehead atoms. The average molecular weight is 381 g/mol. The molecule has 0 atom stereocenters. The van der Waals surface area contributed by atoms with Gasteiger partial charge < -0.3 is 14.2 Å². The van der Waals surface area contributed by atoms with Crippen LogP contribution in [0.3, 0.4) is 0 Å². The highest BCUT2D eigenvalue weighted by Crippen LogP contribution is 2.33. The first-order valence-electron chi connectivity index (χ1n) is 9.13. The van der Waals surface area contributed by atoms with E-state index in [2.05, 4.69) is 15.0 Å². The van der Waals surface area contributed by atoms with Crippen LogP contribution in [-0.2, 0) is 7.05 Å². The lowest BCUT2D eigenvalue weighted by molar-refractivity contribution is 0.0695. The molecule has 7 nitrogen and oxygen atoms in total. The zero-order valence-corrected chi connectivity index (χ0v) is 15.5. The molecule has 0 N–H and O–H groups in total. The molecule has 1 amide bonds. The summed E-state index contributed by atoms with van der Waals surface area (Å²) in [4.78, 5) is 27.3. The highest BCUT2D eigenvalue weighted by molar-refractivity contribution is 5.90. The molecule has 0 saturated carbocycles. The van der Waals surface area contributed by atoms with Gasteiger partial charge in [-0.3, -0.25) is 9.78 Å². The number of rotatable bonds is 4. The van der Waals surface area contributed by atoms with Crippen LogP contribution in [0, 0.1) is 5.82 Å². The van der Waals surface area contributed by atoms with Crippen molar-refractivity contribution in [1.29, 1.82) is 0 Å². The first-order valence-corrected chi connectivity index (χ1v) is 9.13. The Bertz CT molecular complexity index is 982. The molecule has 3 heterocycles. The van der Waals surface area contributed by atoms with E-state index in [9.17, 15) is 9.18 Å². The van der Waals surface area contributed by atoms with Gasteiger partial charge in [-0.15, -0.1) is 0 Å². The summed E-state index contributed by atoms with van der Waals surface area (Å²) in [6.07, 6.45) is 8.05. The van der Waals surface area contributed by atoms with Crippen LogP contribution in [0.25, 0.3) is 0 Å². The van der Waals surface area contributed by atoms with Crippen molar-refractivity contribution in [2.24, 2.45) is 7.05 Å². The van der Waals surface area contributed by atoms with Crippen LogP contribution in [0.1, 0.15) is 35.1 Å². The van der Waals surface area contributed by atoms with Crippen molar-refractivity contribution in [2.45, 2.75) is 18.8 Å². The third-order valence-corrected chi connectivity index (χ3v) is 4.88. The van der Waals surface area contributed by atoms with Gasteiger partial charge in [0, 0.05) is 56.9 Å². The minimum absolute atomic E-state index is 0.0682. The highest BCUT2D eigenvalue weighted by atomic mass is 19.1. The zero-order chi connectivity index (χ0) is 19.5. The third-order valence-electron chi connectivity index (χ3n) is 4.88. The van der Waals surface area contributed by atoms with Crippen LogP contribution < -0.4 is 4.74 Å². The molecule has 0 spiro atoms. The predicted octanol–water partition coefficient (Wildman–Crippen LogP) is 3.16. The molecule has 28 heavy (non-hydrogen) atoms. The topological polar surface area (TPSA) is 73.1 Å². The van der Waals surface area contributed by atoms with Crippen LogP contribution in [0.2, 0.25) is 0 Å². The van der Waals surface area contributed by atoms with E-state index in [0.29, 0.717) is 30.5 Å². The lowest BCUT2D eigenvalue weighted by Crippen LogP contribution is -2.39. The maximum absolute atomic E-state index is 13.4. The van der Waals surface area contributed by atoms with Crippen LogP contribution in [0.4, 0.5) is 4.39 Å².